The van der Waals surface area contributed by atoms with E-state index >= 15 is 0 Å². The molecule has 0 atom stereocenters. The van der Waals surface area contributed by atoms with Crippen molar-refractivity contribution in [2.45, 2.75) is 11.8 Å². The van der Waals surface area contributed by atoms with Crippen molar-refractivity contribution in [1.29, 1.82) is 0 Å². The van der Waals surface area contributed by atoms with E-state index < -0.39 is 16.0 Å². The molecule has 1 aromatic carbocycles. The fourth-order valence-electron chi connectivity index (χ4n) is 1.67. The Kier molecular flexibility index (Phi) is 4.29. The number of halogens is 1. The minimum Gasteiger partial charge on any atom is -0.478 e. The van der Waals surface area contributed by atoms with Gasteiger partial charge in [0.1, 0.15) is 4.90 Å². The summed E-state index contributed by atoms with van der Waals surface area (Å²) in [5.74, 6) is -1.20. The molecule has 1 heterocycles. The highest BCUT2D eigenvalue weighted by Gasteiger charge is 2.19. The fourth-order valence-corrected chi connectivity index (χ4v) is 3.25. The number of sulfonamides is 1. The van der Waals surface area contributed by atoms with Crippen molar-refractivity contribution in [3.63, 3.8) is 0 Å². The van der Waals surface area contributed by atoms with Gasteiger partial charge in [-0.15, -0.1) is 0 Å². The Bertz CT molecular complexity index is 806. The van der Waals surface area contributed by atoms with Gasteiger partial charge in [0, 0.05) is 16.9 Å². The molecule has 0 fully saturated rings. The van der Waals surface area contributed by atoms with Crippen LogP contribution in [0.15, 0.2) is 46.0 Å². The van der Waals surface area contributed by atoms with Crippen molar-refractivity contribution in [3.05, 3.63) is 52.3 Å². The second-order valence-electron chi connectivity index (χ2n) is 4.30. The van der Waals surface area contributed by atoms with E-state index in [9.17, 15) is 13.2 Å². The quantitative estimate of drug-likeness (QED) is 0.862. The third-order valence-corrected chi connectivity index (χ3v) is 4.41. The molecule has 2 N–H and O–H groups in total. The first kappa shape index (κ1) is 15.5. The normalized spacial score (nSPS) is 11.1. The van der Waals surface area contributed by atoms with E-state index in [1.54, 1.807) is 13.0 Å². The fraction of sp³-hybridized carbons (Fsp3) is 0.0769. The van der Waals surface area contributed by atoms with Crippen LogP contribution in [0.1, 0.15) is 15.9 Å². The molecule has 0 radical (unpaired) electrons. The van der Waals surface area contributed by atoms with Crippen molar-refractivity contribution >= 4 is 37.6 Å². The molecule has 2 rings (SSSR count). The molecule has 8 heteroatoms. The zero-order valence-corrected chi connectivity index (χ0v) is 13.3. The summed E-state index contributed by atoms with van der Waals surface area (Å²) >= 11 is 3.14. The van der Waals surface area contributed by atoms with E-state index in [-0.39, 0.29) is 16.1 Å². The number of carbonyl (C=O) groups is 1. The van der Waals surface area contributed by atoms with Crippen LogP contribution in [-0.4, -0.2) is 24.5 Å². The molecule has 0 aliphatic carbocycles. The van der Waals surface area contributed by atoms with Crippen LogP contribution in [0.25, 0.3) is 0 Å². The molecule has 0 aliphatic rings. The third-order valence-electron chi connectivity index (χ3n) is 2.64. The van der Waals surface area contributed by atoms with Crippen LogP contribution >= 0.6 is 15.9 Å². The molecule has 2 aromatic rings. The van der Waals surface area contributed by atoms with Gasteiger partial charge in [0.15, 0.2) is 0 Å². The largest absolute Gasteiger partial charge is 0.478 e. The number of nitrogens with one attached hydrogen (secondary N) is 1. The Hall–Kier alpha value is -1.93. The van der Waals surface area contributed by atoms with Crippen molar-refractivity contribution in [3.8, 4) is 0 Å². The summed E-state index contributed by atoms with van der Waals surface area (Å²) < 4.78 is 27.3. The number of pyridine rings is 1. The monoisotopic (exact) mass is 370 g/mol. The number of hydrogen-bond donors (Lipinski definition) is 2. The van der Waals surface area contributed by atoms with Gasteiger partial charge in [-0.1, -0.05) is 11.6 Å². The molecule has 0 unspecified atom stereocenters. The summed E-state index contributed by atoms with van der Waals surface area (Å²) in [5, 5.41) is 9.15. The highest BCUT2D eigenvalue weighted by molar-refractivity contribution is 9.10. The number of nitrogens with zero attached hydrogens (tertiary/aromatic N) is 1. The lowest BCUT2D eigenvalue weighted by Crippen LogP contribution is -2.16. The van der Waals surface area contributed by atoms with Crippen molar-refractivity contribution in [2.75, 3.05) is 4.72 Å². The number of rotatable bonds is 4. The smallest absolute Gasteiger partial charge is 0.337 e. The van der Waals surface area contributed by atoms with Crippen LogP contribution < -0.4 is 4.72 Å². The highest BCUT2D eigenvalue weighted by Crippen LogP contribution is 2.22. The molecular weight excluding hydrogens is 360 g/mol. The van der Waals surface area contributed by atoms with Gasteiger partial charge in [-0.2, -0.15) is 0 Å². The van der Waals surface area contributed by atoms with Gasteiger partial charge in [-0.25, -0.2) is 13.2 Å². The standard InChI is InChI=1S/C13H11BrN2O4S/c1-8-2-3-12(11(4-8)13(17)18)16-21(19,20)10-5-9(14)6-15-7-10/h2-7,16H,1H3,(H,17,18). The number of hydrogen-bond acceptors (Lipinski definition) is 4. The summed E-state index contributed by atoms with van der Waals surface area (Å²) in [6, 6.07) is 5.83. The Balaban J connectivity index is 2.44. The topological polar surface area (TPSA) is 96.4 Å². The van der Waals surface area contributed by atoms with E-state index in [0.29, 0.717) is 4.47 Å². The van der Waals surface area contributed by atoms with Crippen LogP contribution in [0.3, 0.4) is 0 Å². The van der Waals surface area contributed by atoms with Crippen LogP contribution in [0, 0.1) is 6.92 Å². The van der Waals surface area contributed by atoms with Crippen molar-refractivity contribution in [1.82, 2.24) is 4.98 Å². The maximum Gasteiger partial charge on any atom is 0.337 e. The molecule has 0 spiro atoms. The van der Waals surface area contributed by atoms with Gasteiger partial charge < -0.3 is 5.11 Å². The lowest BCUT2D eigenvalue weighted by atomic mass is 10.1. The van der Waals surface area contributed by atoms with Gasteiger partial charge in [0.2, 0.25) is 0 Å². The molecular formula is C13H11BrN2O4S. The first-order valence-electron chi connectivity index (χ1n) is 5.77. The number of aryl methyl sites for hydroxylation is 1. The number of benzene rings is 1. The molecule has 0 amide bonds. The zero-order valence-electron chi connectivity index (χ0n) is 10.9. The molecule has 0 aliphatic heterocycles. The highest BCUT2D eigenvalue weighted by atomic mass is 79.9. The van der Waals surface area contributed by atoms with Crippen LogP contribution in [0.5, 0.6) is 0 Å². The molecule has 0 saturated carbocycles. The van der Waals surface area contributed by atoms with E-state index in [1.807, 2.05) is 0 Å². The first-order chi connectivity index (χ1) is 9.79. The van der Waals surface area contributed by atoms with Gasteiger partial charge in [0.25, 0.3) is 10.0 Å². The number of anilines is 1. The van der Waals surface area contributed by atoms with Crippen molar-refractivity contribution in [2.24, 2.45) is 0 Å². The molecule has 1 aromatic heterocycles. The molecule has 0 bridgehead atoms. The molecule has 21 heavy (non-hydrogen) atoms. The molecule has 6 nitrogen and oxygen atoms in total. The Morgan fingerprint density at radius 1 is 1.29 bits per heavy atom. The number of carboxylic acids is 1. The number of aromatic carboxylic acids is 1. The summed E-state index contributed by atoms with van der Waals surface area (Å²) in [6.45, 7) is 1.73. The predicted molar refractivity (Wildman–Crippen MR) is 80.9 cm³/mol. The third kappa shape index (κ3) is 3.59. The van der Waals surface area contributed by atoms with Gasteiger partial charge in [-0.3, -0.25) is 9.71 Å². The van der Waals surface area contributed by atoms with E-state index in [1.165, 1.54) is 30.6 Å². The van der Waals surface area contributed by atoms with Crippen LogP contribution in [0.4, 0.5) is 5.69 Å². The number of carboxylic acid groups (broad SMARTS) is 1. The minimum absolute atomic E-state index is 0.00748. The van der Waals surface area contributed by atoms with Gasteiger partial charge in [0.05, 0.1) is 11.3 Å². The summed E-state index contributed by atoms with van der Waals surface area (Å²) in [4.78, 5) is 14.9. The maximum absolute atomic E-state index is 12.2. The molecule has 0 saturated heterocycles. The second kappa shape index (κ2) is 5.82. The second-order valence-corrected chi connectivity index (χ2v) is 6.90. The maximum atomic E-state index is 12.2. The zero-order chi connectivity index (χ0) is 15.6. The van der Waals surface area contributed by atoms with Crippen LogP contribution in [0.2, 0.25) is 0 Å². The number of aromatic nitrogens is 1. The Labute approximate surface area is 130 Å². The van der Waals surface area contributed by atoms with Gasteiger partial charge >= 0.3 is 5.97 Å². The lowest BCUT2D eigenvalue weighted by Gasteiger charge is -2.11. The average molecular weight is 371 g/mol. The minimum atomic E-state index is -3.91. The Morgan fingerprint density at radius 2 is 2.00 bits per heavy atom. The van der Waals surface area contributed by atoms with Crippen LogP contribution in [-0.2, 0) is 10.0 Å². The predicted octanol–water partition coefficient (Wildman–Crippen LogP) is 2.65. The summed E-state index contributed by atoms with van der Waals surface area (Å²) in [6.07, 6.45) is 2.63. The van der Waals surface area contributed by atoms with E-state index in [2.05, 4.69) is 25.6 Å². The summed E-state index contributed by atoms with van der Waals surface area (Å²) in [5.41, 5.74) is 0.620. The Morgan fingerprint density at radius 3 is 2.62 bits per heavy atom. The summed E-state index contributed by atoms with van der Waals surface area (Å²) in [7, 11) is -3.91. The lowest BCUT2D eigenvalue weighted by molar-refractivity contribution is 0.0698. The van der Waals surface area contributed by atoms with E-state index in [0.717, 1.165) is 5.56 Å². The first-order valence-corrected chi connectivity index (χ1v) is 8.04. The average Bonchev–Trinajstić information content (AvgIpc) is 2.40. The van der Waals surface area contributed by atoms with Crippen molar-refractivity contribution < 1.29 is 18.3 Å². The molecule has 110 valence electrons. The SMILES string of the molecule is Cc1ccc(NS(=O)(=O)c2cncc(Br)c2)c(C(=O)O)c1. The van der Waals surface area contributed by atoms with Gasteiger partial charge in [-0.05, 0) is 41.1 Å². The van der Waals surface area contributed by atoms with E-state index in [4.69, 9.17) is 5.11 Å².